The Bertz CT molecular complexity index is 980. The lowest BCUT2D eigenvalue weighted by Crippen LogP contribution is -2.46. The van der Waals surface area contributed by atoms with Crippen LogP contribution in [0.25, 0.3) is 11.0 Å². The van der Waals surface area contributed by atoms with Crippen molar-refractivity contribution in [2.24, 2.45) is 11.1 Å². The second kappa shape index (κ2) is 7.32. The number of likely N-dealkylation sites (tertiary alicyclic amines) is 1. The first kappa shape index (κ1) is 19.4. The van der Waals surface area contributed by atoms with Gasteiger partial charge < -0.3 is 14.6 Å². The summed E-state index contributed by atoms with van der Waals surface area (Å²) in [5.74, 6) is -0.500. The van der Waals surface area contributed by atoms with E-state index < -0.39 is 10.0 Å². The summed E-state index contributed by atoms with van der Waals surface area (Å²) < 4.78 is 28.5. The van der Waals surface area contributed by atoms with Crippen LogP contribution in [0, 0.1) is 5.92 Å². The number of nitrogens with zero attached hydrogens (tertiary/aromatic N) is 1. The molecule has 1 aliphatic heterocycles. The zero-order chi connectivity index (χ0) is 19.8. The van der Waals surface area contributed by atoms with Gasteiger partial charge in [0.25, 0.3) is 5.91 Å². The molecular formula is C18H23N3O5S. The Balaban J connectivity index is 1.79. The van der Waals surface area contributed by atoms with E-state index in [0.29, 0.717) is 24.1 Å². The average molecular weight is 393 g/mol. The van der Waals surface area contributed by atoms with Crippen LogP contribution in [-0.2, 0) is 14.8 Å². The number of benzene rings is 1. The molecule has 0 bridgehead atoms. The highest BCUT2D eigenvalue weighted by Gasteiger charge is 2.30. The molecule has 1 aliphatic rings. The molecule has 8 nitrogen and oxygen atoms in total. The van der Waals surface area contributed by atoms with E-state index in [1.807, 2.05) is 13.8 Å². The number of rotatable bonds is 4. The number of piperidine rings is 1. The number of furan rings is 1. The van der Waals surface area contributed by atoms with Crippen molar-refractivity contribution in [1.82, 2.24) is 10.2 Å². The number of amides is 2. The van der Waals surface area contributed by atoms with Crippen molar-refractivity contribution in [2.45, 2.75) is 37.6 Å². The number of primary sulfonamides is 1. The first-order valence-corrected chi connectivity index (χ1v) is 10.4. The number of sulfonamides is 1. The Hall–Kier alpha value is -2.39. The molecule has 1 aromatic carbocycles. The van der Waals surface area contributed by atoms with E-state index in [4.69, 9.17) is 9.56 Å². The van der Waals surface area contributed by atoms with Crippen LogP contribution in [0.3, 0.4) is 0 Å². The van der Waals surface area contributed by atoms with Crippen molar-refractivity contribution in [1.29, 1.82) is 0 Å². The Labute approximate surface area is 157 Å². The molecule has 1 fully saturated rings. The zero-order valence-corrected chi connectivity index (χ0v) is 16.1. The quantitative estimate of drug-likeness (QED) is 0.814. The lowest BCUT2D eigenvalue weighted by atomic mass is 9.96. The van der Waals surface area contributed by atoms with Crippen LogP contribution in [-0.4, -0.2) is 44.3 Å². The summed E-state index contributed by atoms with van der Waals surface area (Å²) in [5.41, 5.74) is 0.400. The molecule has 146 valence electrons. The normalized spacial score (nSPS) is 18.1. The summed E-state index contributed by atoms with van der Waals surface area (Å²) >= 11 is 0. The summed E-state index contributed by atoms with van der Waals surface area (Å²) in [5, 5.41) is 8.50. The first-order chi connectivity index (χ1) is 12.6. The summed E-state index contributed by atoms with van der Waals surface area (Å²) in [6.45, 7) is 4.67. The molecule has 0 spiro atoms. The summed E-state index contributed by atoms with van der Waals surface area (Å²) in [6.07, 6.45) is 1.47. The molecule has 1 aromatic heterocycles. The van der Waals surface area contributed by atoms with Gasteiger partial charge >= 0.3 is 0 Å². The lowest BCUT2D eigenvalue weighted by molar-refractivity contribution is -0.126. The van der Waals surface area contributed by atoms with Crippen LogP contribution in [0.5, 0.6) is 0 Å². The minimum atomic E-state index is -3.83. The molecule has 2 amide bonds. The topological polar surface area (TPSA) is 123 Å². The van der Waals surface area contributed by atoms with E-state index in [9.17, 15) is 18.0 Å². The van der Waals surface area contributed by atoms with E-state index in [0.717, 1.165) is 12.8 Å². The van der Waals surface area contributed by atoms with E-state index in [-0.39, 0.29) is 34.4 Å². The smallest absolute Gasteiger partial charge is 0.289 e. The number of hydrogen-bond acceptors (Lipinski definition) is 5. The molecule has 2 aromatic rings. The minimum Gasteiger partial charge on any atom is -0.451 e. The largest absolute Gasteiger partial charge is 0.451 e. The SMILES string of the molecule is CC(C)NC(=O)C1CCCN(C(=O)c2cc3cc(S(N)(=O)=O)ccc3o2)C1. The summed E-state index contributed by atoms with van der Waals surface area (Å²) in [7, 11) is -3.83. The molecule has 3 rings (SSSR count). The maximum Gasteiger partial charge on any atom is 0.289 e. The highest BCUT2D eigenvalue weighted by Crippen LogP contribution is 2.25. The molecule has 0 saturated carbocycles. The van der Waals surface area contributed by atoms with Gasteiger partial charge in [0.2, 0.25) is 15.9 Å². The highest BCUT2D eigenvalue weighted by atomic mass is 32.2. The maximum atomic E-state index is 12.8. The maximum absolute atomic E-state index is 12.8. The molecular weight excluding hydrogens is 370 g/mol. The highest BCUT2D eigenvalue weighted by molar-refractivity contribution is 7.89. The fraction of sp³-hybridized carbons (Fsp3) is 0.444. The lowest BCUT2D eigenvalue weighted by Gasteiger charge is -2.31. The number of carbonyl (C=O) groups excluding carboxylic acids is 2. The van der Waals surface area contributed by atoms with E-state index in [2.05, 4.69) is 5.32 Å². The van der Waals surface area contributed by atoms with Crippen molar-refractivity contribution >= 4 is 32.8 Å². The van der Waals surface area contributed by atoms with Crippen LogP contribution < -0.4 is 10.5 Å². The number of fused-ring (bicyclic) bond motifs is 1. The fourth-order valence-corrected chi connectivity index (χ4v) is 3.79. The molecule has 2 heterocycles. The summed E-state index contributed by atoms with van der Waals surface area (Å²) in [4.78, 5) is 26.6. The molecule has 3 N–H and O–H groups in total. The van der Waals surface area contributed by atoms with Gasteiger partial charge in [0.05, 0.1) is 10.8 Å². The van der Waals surface area contributed by atoms with Gasteiger partial charge in [0.1, 0.15) is 5.58 Å². The Morgan fingerprint density at radius 3 is 2.70 bits per heavy atom. The Morgan fingerprint density at radius 1 is 1.30 bits per heavy atom. The predicted octanol–water partition coefficient (Wildman–Crippen LogP) is 1.46. The molecule has 1 atom stereocenters. The molecule has 0 radical (unpaired) electrons. The van der Waals surface area contributed by atoms with Gasteiger partial charge in [-0.2, -0.15) is 0 Å². The standard InChI is InChI=1S/C18H23N3O5S/c1-11(2)20-17(22)12-4-3-7-21(10-12)18(23)16-9-13-8-14(27(19,24)25)5-6-15(13)26-16/h5-6,8-9,11-12H,3-4,7,10H2,1-2H3,(H,20,22)(H2,19,24,25). The number of carbonyl (C=O) groups is 2. The van der Waals surface area contributed by atoms with Crippen LogP contribution >= 0.6 is 0 Å². The number of nitrogens with two attached hydrogens (primary N) is 1. The van der Waals surface area contributed by atoms with Crippen molar-refractivity contribution in [3.8, 4) is 0 Å². The molecule has 9 heteroatoms. The van der Waals surface area contributed by atoms with Gasteiger partial charge in [-0.3, -0.25) is 9.59 Å². The van der Waals surface area contributed by atoms with Gasteiger partial charge in [-0.25, -0.2) is 13.6 Å². The Kier molecular flexibility index (Phi) is 5.25. The Morgan fingerprint density at radius 2 is 2.04 bits per heavy atom. The van der Waals surface area contributed by atoms with Gasteiger partial charge in [-0.1, -0.05) is 0 Å². The third-order valence-electron chi connectivity index (χ3n) is 4.54. The molecule has 1 saturated heterocycles. The molecule has 0 aliphatic carbocycles. The van der Waals surface area contributed by atoms with Crippen LogP contribution in [0.4, 0.5) is 0 Å². The van der Waals surface area contributed by atoms with Gasteiger partial charge in [-0.05, 0) is 51.0 Å². The van der Waals surface area contributed by atoms with Crippen molar-refractivity contribution < 1.29 is 22.4 Å². The second-order valence-electron chi connectivity index (χ2n) is 7.11. The van der Waals surface area contributed by atoms with Gasteiger partial charge in [-0.15, -0.1) is 0 Å². The minimum absolute atomic E-state index is 0.0433. The van der Waals surface area contributed by atoms with E-state index in [1.165, 1.54) is 24.3 Å². The van der Waals surface area contributed by atoms with Crippen molar-refractivity contribution in [3.63, 3.8) is 0 Å². The van der Waals surface area contributed by atoms with Crippen molar-refractivity contribution in [2.75, 3.05) is 13.1 Å². The average Bonchev–Trinajstić information content (AvgIpc) is 3.03. The molecule has 1 unspecified atom stereocenters. The fourth-order valence-electron chi connectivity index (χ4n) is 3.24. The first-order valence-electron chi connectivity index (χ1n) is 8.81. The zero-order valence-electron chi connectivity index (χ0n) is 15.3. The summed E-state index contributed by atoms with van der Waals surface area (Å²) in [6, 6.07) is 5.74. The van der Waals surface area contributed by atoms with Gasteiger partial charge in [0, 0.05) is 24.5 Å². The number of nitrogens with one attached hydrogen (secondary N) is 1. The number of hydrogen-bond donors (Lipinski definition) is 2. The van der Waals surface area contributed by atoms with Gasteiger partial charge in [0.15, 0.2) is 5.76 Å². The second-order valence-corrected chi connectivity index (χ2v) is 8.67. The van der Waals surface area contributed by atoms with E-state index in [1.54, 1.807) is 4.90 Å². The van der Waals surface area contributed by atoms with Crippen LogP contribution in [0.2, 0.25) is 0 Å². The molecule has 27 heavy (non-hydrogen) atoms. The van der Waals surface area contributed by atoms with E-state index >= 15 is 0 Å². The van der Waals surface area contributed by atoms with Crippen molar-refractivity contribution in [3.05, 3.63) is 30.0 Å². The monoisotopic (exact) mass is 393 g/mol. The predicted molar refractivity (Wildman–Crippen MR) is 99.5 cm³/mol. The third kappa shape index (κ3) is 4.30. The van der Waals surface area contributed by atoms with Crippen LogP contribution in [0.1, 0.15) is 37.2 Å². The third-order valence-corrected chi connectivity index (χ3v) is 5.45. The van der Waals surface area contributed by atoms with Crippen LogP contribution in [0.15, 0.2) is 33.6 Å².